The molecule has 0 atom stereocenters. The van der Waals surface area contributed by atoms with E-state index in [0.29, 0.717) is 11.6 Å². The van der Waals surface area contributed by atoms with E-state index in [1.54, 1.807) is 17.1 Å². The number of hydrogen-bond donors (Lipinski definition) is 0. The van der Waals surface area contributed by atoms with Gasteiger partial charge in [0.25, 0.3) is 0 Å². The highest BCUT2D eigenvalue weighted by Crippen LogP contribution is 2.29. The van der Waals surface area contributed by atoms with Crippen molar-refractivity contribution in [3.8, 4) is 17.3 Å². The average Bonchev–Trinajstić information content (AvgIpc) is 3.10. The fourth-order valence-corrected chi connectivity index (χ4v) is 2.47. The molecule has 0 saturated carbocycles. The maximum atomic E-state index is 6.00. The second-order valence-electron chi connectivity index (χ2n) is 5.09. The van der Waals surface area contributed by atoms with Gasteiger partial charge in [-0.1, -0.05) is 23.4 Å². The predicted molar refractivity (Wildman–Crippen MR) is 85.7 cm³/mol. The first-order chi connectivity index (χ1) is 11.3. The predicted octanol–water partition coefficient (Wildman–Crippen LogP) is 3.31. The third-order valence-electron chi connectivity index (χ3n) is 3.56. The van der Waals surface area contributed by atoms with Crippen LogP contribution in [0.5, 0.6) is 11.6 Å². The third kappa shape index (κ3) is 2.50. The monoisotopic (exact) mass is 303 g/mol. The molecular formula is C17H13N5O. The van der Waals surface area contributed by atoms with Gasteiger partial charge in [-0.05, 0) is 30.7 Å². The highest BCUT2D eigenvalue weighted by molar-refractivity contribution is 5.86. The van der Waals surface area contributed by atoms with Gasteiger partial charge in [0.15, 0.2) is 0 Å². The van der Waals surface area contributed by atoms with Crippen molar-refractivity contribution in [1.82, 2.24) is 25.0 Å². The van der Waals surface area contributed by atoms with Crippen LogP contribution in [0.15, 0.2) is 61.2 Å². The van der Waals surface area contributed by atoms with Gasteiger partial charge in [0.1, 0.15) is 12.1 Å². The molecule has 0 bridgehead atoms. The molecule has 6 heteroatoms. The third-order valence-corrected chi connectivity index (χ3v) is 3.56. The zero-order valence-corrected chi connectivity index (χ0v) is 12.4. The first-order valence-corrected chi connectivity index (χ1v) is 7.16. The van der Waals surface area contributed by atoms with E-state index in [-0.39, 0.29) is 0 Å². The Morgan fingerprint density at radius 2 is 1.96 bits per heavy atom. The van der Waals surface area contributed by atoms with Gasteiger partial charge in [-0.15, -0.1) is 5.10 Å². The Hall–Kier alpha value is -3.28. The molecule has 2 aromatic heterocycles. The highest BCUT2D eigenvalue weighted by atomic mass is 16.5. The molecule has 112 valence electrons. The summed E-state index contributed by atoms with van der Waals surface area (Å²) in [6.07, 6.45) is 4.93. The summed E-state index contributed by atoms with van der Waals surface area (Å²) in [7, 11) is 0. The highest BCUT2D eigenvalue weighted by Gasteiger charge is 2.09. The number of aromatic nitrogens is 5. The largest absolute Gasteiger partial charge is 0.438 e. The SMILES string of the molecule is Cc1cccc2ncnc(Oc3cccc(-n4ccnn4)c3)c12. The van der Waals surface area contributed by atoms with Crippen LogP contribution in [-0.4, -0.2) is 25.0 Å². The Morgan fingerprint density at radius 1 is 1.04 bits per heavy atom. The lowest BCUT2D eigenvalue weighted by Gasteiger charge is -2.10. The minimum atomic E-state index is 0.545. The maximum absolute atomic E-state index is 6.00. The van der Waals surface area contributed by atoms with Gasteiger partial charge in [0, 0.05) is 6.07 Å². The van der Waals surface area contributed by atoms with Crippen molar-refractivity contribution in [3.05, 3.63) is 66.7 Å². The smallest absolute Gasteiger partial charge is 0.230 e. The number of ether oxygens (including phenoxy) is 1. The molecule has 4 rings (SSSR count). The Labute approximate surface area is 132 Å². The van der Waals surface area contributed by atoms with E-state index in [1.807, 2.05) is 49.4 Å². The number of hydrogen-bond acceptors (Lipinski definition) is 5. The molecule has 4 aromatic rings. The van der Waals surface area contributed by atoms with E-state index >= 15 is 0 Å². The van der Waals surface area contributed by atoms with Crippen LogP contribution in [0.25, 0.3) is 16.6 Å². The summed E-state index contributed by atoms with van der Waals surface area (Å²) in [5.41, 5.74) is 2.81. The van der Waals surface area contributed by atoms with Crippen molar-refractivity contribution >= 4 is 10.9 Å². The van der Waals surface area contributed by atoms with Gasteiger partial charge in [0.05, 0.1) is 29.0 Å². The van der Waals surface area contributed by atoms with E-state index in [4.69, 9.17) is 4.74 Å². The number of fused-ring (bicyclic) bond motifs is 1. The molecule has 2 aromatic carbocycles. The minimum absolute atomic E-state index is 0.545. The van der Waals surface area contributed by atoms with E-state index in [0.717, 1.165) is 22.2 Å². The van der Waals surface area contributed by atoms with Crippen LogP contribution >= 0.6 is 0 Å². The second-order valence-corrected chi connectivity index (χ2v) is 5.09. The normalized spacial score (nSPS) is 10.8. The van der Waals surface area contributed by atoms with Gasteiger partial charge < -0.3 is 4.74 Å². The number of aryl methyl sites for hydroxylation is 1. The van der Waals surface area contributed by atoms with Gasteiger partial charge in [-0.3, -0.25) is 0 Å². The molecular weight excluding hydrogens is 290 g/mol. The quantitative estimate of drug-likeness (QED) is 0.581. The van der Waals surface area contributed by atoms with E-state index in [1.165, 1.54) is 6.33 Å². The topological polar surface area (TPSA) is 65.7 Å². The zero-order valence-electron chi connectivity index (χ0n) is 12.4. The summed E-state index contributed by atoms with van der Waals surface area (Å²) in [5, 5.41) is 8.72. The van der Waals surface area contributed by atoms with Crippen molar-refractivity contribution in [1.29, 1.82) is 0 Å². The Bertz CT molecular complexity index is 961. The molecule has 0 aliphatic heterocycles. The lowest BCUT2D eigenvalue weighted by atomic mass is 10.1. The summed E-state index contributed by atoms with van der Waals surface area (Å²) in [6, 6.07) is 13.5. The fourth-order valence-electron chi connectivity index (χ4n) is 2.47. The van der Waals surface area contributed by atoms with Crippen LogP contribution in [-0.2, 0) is 0 Å². The molecule has 0 amide bonds. The minimum Gasteiger partial charge on any atom is -0.438 e. The van der Waals surface area contributed by atoms with Crippen LogP contribution < -0.4 is 4.74 Å². The molecule has 0 N–H and O–H groups in total. The Balaban J connectivity index is 1.76. The van der Waals surface area contributed by atoms with Crippen molar-refractivity contribution in [2.45, 2.75) is 6.92 Å². The Kier molecular flexibility index (Phi) is 3.20. The van der Waals surface area contributed by atoms with Crippen LogP contribution in [0.3, 0.4) is 0 Å². The van der Waals surface area contributed by atoms with Crippen LogP contribution in [0, 0.1) is 6.92 Å². The van der Waals surface area contributed by atoms with E-state index in [9.17, 15) is 0 Å². The molecule has 0 aliphatic carbocycles. The first kappa shape index (κ1) is 13.4. The van der Waals surface area contributed by atoms with Gasteiger partial charge in [0.2, 0.25) is 5.88 Å². The molecule has 2 heterocycles. The van der Waals surface area contributed by atoms with Crippen LogP contribution in [0.2, 0.25) is 0 Å². The molecule has 23 heavy (non-hydrogen) atoms. The summed E-state index contributed by atoms with van der Waals surface area (Å²) >= 11 is 0. The molecule has 0 saturated heterocycles. The molecule has 0 fully saturated rings. The van der Waals surface area contributed by atoms with Crippen molar-refractivity contribution in [2.24, 2.45) is 0 Å². The van der Waals surface area contributed by atoms with Crippen molar-refractivity contribution < 1.29 is 4.74 Å². The van der Waals surface area contributed by atoms with E-state index < -0.39 is 0 Å². The number of rotatable bonds is 3. The standard InChI is InChI=1S/C17H13N5O/c1-12-4-2-7-15-16(12)17(19-11-18-15)23-14-6-3-5-13(10-14)22-9-8-20-21-22/h2-11H,1H3. The van der Waals surface area contributed by atoms with Gasteiger partial charge in [-0.2, -0.15) is 0 Å². The first-order valence-electron chi connectivity index (χ1n) is 7.16. The average molecular weight is 303 g/mol. The van der Waals surface area contributed by atoms with Crippen LogP contribution in [0.1, 0.15) is 5.56 Å². The molecule has 6 nitrogen and oxygen atoms in total. The van der Waals surface area contributed by atoms with Crippen molar-refractivity contribution in [3.63, 3.8) is 0 Å². The molecule has 0 spiro atoms. The van der Waals surface area contributed by atoms with Crippen LogP contribution in [0.4, 0.5) is 0 Å². The van der Waals surface area contributed by atoms with Gasteiger partial charge in [-0.25, -0.2) is 14.6 Å². The fraction of sp³-hybridized carbons (Fsp3) is 0.0588. The summed E-state index contributed by atoms with van der Waals surface area (Å²) in [6.45, 7) is 2.02. The number of nitrogens with zero attached hydrogens (tertiary/aromatic N) is 5. The summed E-state index contributed by atoms with van der Waals surface area (Å²) in [5.74, 6) is 1.23. The number of benzene rings is 2. The lowest BCUT2D eigenvalue weighted by molar-refractivity contribution is 0.467. The summed E-state index contributed by atoms with van der Waals surface area (Å²) < 4.78 is 7.68. The van der Waals surface area contributed by atoms with E-state index in [2.05, 4.69) is 20.3 Å². The zero-order chi connectivity index (χ0) is 15.6. The lowest BCUT2D eigenvalue weighted by Crippen LogP contribution is -1.97. The molecule has 0 aliphatic rings. The van der Waals surface area contributed by atoms with Gasteiger partial charge >= 0.3 is 0 Å². The Morgan fingerprint density at radius 3 is 2.83 bits per heavy atom. The van der Waals surface area contributed by atoms with Crippen molar-refractivity contribution in [2.75, 3.05) is 0 Å². The maximum Gasteiger partial charge on any atom is 0.230 e. The molecule has 0 radical (unpaired) electrons. The summed E-state index contributed by atoms with van der Waals surface area (Å²) in [4.78, 5) is 8.58. The second kappa shape index (κ2) is 5.49. The molecule has 0 unspecified atom stereocenters.